The van der Waals surface area contributed by atoms with Gasteiger partial charge in [-0.15, -0.1) is 0 Å². The maximum atomic E-state index is 11.7. The second kappa shape index (κ2) is 5.16. The number of ether oxygens (including phenoxy) is 1. The van der Waals surface area contributed by atoms with Gasteiger partial charge in [-0.25, -0.2) is 4.79 Å². The summed E-state index contributed by atoms with van der Waals surface area (Å²) in [5.74, 6) is -0.407. The lowest BCUT2D eigenvalue weighted by atomic mass is 10.2. The molecule has 0 spiro atoms. The summed E-state index contributed by atoms with van der Waals surface area (Å²) in [7, 11) is 0. The third-order valence-electron chi connectivity index (χ3n) is 2.29. The predicted octanol–water partition coefficient (Wildman–Crippen LogP) is 1.32. The molecule has 0 radical (unpaired) electrons. The van der Waals surface area contributed by atoms with Crippen LogP contribution in [0.3, 0.4) is 0 Å². The van der Waals surface area contributed by atoms with Crippen LogP contribution >= 0.6 is 0 Å². The fourth-order valence-electron chi connectivity index (χ4n) is 1.43. The van der Waals surface area contributed by atoms with Crippen LogP contribution in [0.25, 0.3) is 0 Å². The number of nitrogen functional groups attached to an aromatic ring is 1. The Balaban J connectivity index is 1.88. The lowest BCUT2D eigenvalue weighted by molar-refractivity contribution is 0.0489. The molecule has 0 saturated heterocycles. The zero-order valence-corrected chi connectivity index (χ0v) is 9.24. The van der Waals surface area contributed by atoms with Gasteiger partial charge in [0.15, 0.2) is 0 Å². The summed E-state index contributed by atoms with van der Waals surface area (Å²) in [4.78, 5) is 11.7. The van der Waals surface area contributed by atoms with E-state index in [1.165, 1.54) is 0 Å². The molecule has 1 aromatic carbocycles. The van der Waals surface area contributed by atoms with Crippen molar-refractivity contribution in [3.05, 3.63) is 48.3 Å². The fraction of sp³-hybridized carbons (Fsp3) is 0.167. The van der Waals surface area contributed by atoms with Gasteiger partial charge in [0.05, 0.1) is 12.1 Å². The molecule has 0 saturated carbocycles. The predicted molar refractivity (Wildman–Crippen MR) is 63.4 cm³/mol. The van der Waals surface area contributed by atoms with Gasteiger partial charge in [-0.2, -0.15) is 5.10 Å². The van der Waals surface area contributed by atoms with E-state index in [4.69, 9.17) is 10.5 Å². The van der Waals surface area contributed by atoms with Gasteiger partial charge in [-0.3, -0.25) is 4.68 Å². The minimum Gasteiger partial charge on any atom is -0.460 e. The normalized spacial score (nSPS) is 10.1. The Hall–Kier alpha value is -2.30. The summed E-state index contributed by atoms with van der Waals surface area (Å²) in [6, 6.07) is 8.66. The van der Waals surface area contributed by atoms with Crippen LogP contribution in [0.15, 0.2) is 42.7 Å². The van der Waals surface area contributed by atoms with E-state index in [1.807, 2.05) is 12.3 Å². The summed E-state index contributed by atoms with van der Waals surface area (Å²) in [6.07, 6.45) is 3.49. The molecule has 5 heteroatoms. The van der Waals surface area contributed by atoms with Gasteiger partial charge < -0.3 is 10.5 Å². The number of hydrogen-bond acceptors (Lipinski definition) is 4. The molecule has 1 heterocycles. The number of para-hydroxylation sites is 1. The van der Waals surface area contributed by atoms with Gasteiger partial charge in [-0.1, -0.05) is 12.1 Å². The van der Waals surface area contributed by atoms with Gasteiger partial charge in [0.2, 0.25) is 0 Å². The number of benzene rings is 1. The zero-order chi connectivity index (χ0) is 12.1. The number of hydrogen-bond donors (Lipinski definition) is 1. The molecule has 1 aromatic heterocycles. The van der Waals surface area contributed by atoms with Crippen molar-refractivity contribution in [1.29, 1.82) is 0 Å². The van der Waals surface area contributed by atoms with Crippen LogP contribution in [0.4, 0.5) is 5.69 Å². The van der Waals surface area contributed by atoms with E-state index < -0.39 is 5.97 Å². The van der Waals surface area contributed by atoms with E-state index in [0.717, 1.165) is 0 Å². The first-order chi connectivity index (χ1) is 8.27. The number of nitrogens with zero attached hydrogens (tertiary/aromatic N) is 2. The fourth-order valence-corrected chi connectivity index (χ4v) is 1.43. The highest BCUT2D eigenvalue weighted by Gasteiger charge is 2.09. The van der Waals surface area contributed by atoms with E-state index in [1.54, 1.807) is 35.1 Å². The molecule has 0 atom stereocenters. The molecule has 0 aliphatic rings. The van der Waals surface area contributed by atoms with Crippen molar-refractivity contribution in [2.75, 3.05) is 12.3 Å². The Labute approximate surface area is 98.8 Å². The van der Waals surface area contributed by atoms with E-state index in [9.17, 15) is 4.79 Å². The quantitative estimate of drug-likeness (QED) is 0.636. The minimum atomic E-state index is -0.407. The number of carbonyl (C=O) groups is 1. The highest BCUT2D eigenvalue weighted by atomic mass is 16.5. The van der Waals surface area contributed by atoms with Crippen molar-refractivity contribution in [3.8, 4) is 0 Å². The van der Waals surface area contributed by atoms with Crippen LogP contribution < -0.4 is 5.73 Å². The second-order valence-corrected chi connectivity index (χ2v) is 3.49. The smallest absolute Gasteiger partial charge is 0.340 e. The zero-order valence-electron chi connectivity index (χ0n) is 9.24. The Bertz CT molecular complexity index is 494. The first-order valence-corrected chi connectivity index (χ1v) is 5.26. The molecule has 0 bridgehead atoms. The average molecular weight is 231 g/mol. The highest BCUT2D eigenvalue weighted by molar-refractivity contribution is 5.94. The molecule has 0 amide bonds. The van der Waals surface area contributed by atoms with Gasteiger partial charge >= 0.3 is 5.97 Å². The highest BCUT2D eigenvalue weighted by Crippen LogP contribution is 2.11. The van der Waals surface area contributed by atoms with Crippen molar-refractivity contribution < 1.29 is 9.53 Å². The number of carbonyl (C=O) groups excluding carboxylic acids is 1. The Morgan fingerprint density at radius 2 is 2.18 bits per heavy atom. The van der Waals surface area contributed by atoms with Crippen LogP contribution in [-0.4, -0.2) is 22.4 Å². The van der Waals surface area contributed by atoms with Crippen LogP contribution in [-0.2, 0) is 11.3 Å². The van der Waals surface area contributed by atoms with Gasteiger partial charge in [-0.05, 0) is 18.2 Å². The van der Waals surface area contributed by atoms with Crippen LogP contribution in [0, 0.1) is 0 Å². The maximum Gasteiger partial charge on any atom is 0.340 e. The van der Waals surface area contributed by atoms with Gasteiger partial charge in [0.25, 0.3) is 0 Å². The standard InChI is InChI=1S/C12H13N3O2/c13-11-5-2-1-4-10(11)12(16)17-9-8-15-7-3-6-14-15/h1-7H,8-9,13H2. The van der Waals surface area contributed by atoms with Gasteiger partial charge in [0.1, 0.15) is 6.61 Å². The van der Waals surface area contributed by atoms with E-state index in [2.05, 4.69) is 5.10 Å². The monoisotopic (exact) mass is 231 g/mol. The number of anilines is 1. The van der Waals surface area contributed by atoms with Crippen molar-refractivity contribution in [2.24, 2.45) is 0 Å². The van der Waals surface area contributed by atoms with Crippen LogP contribution in [0.5, 0.6) is 0 Å². The van der Waals surface area contributed by atoms with E-state index in [0.29, 0.717) is 17.8 Å². The summed E-state index contributed by atoms with van der Waals surface area (Å²) in [5, 5.41) is 4.00. The molecule has 2 N–H and O–H groups in total. The Morgan fingerprint density at radius 1 is 1.35 bits per heavy atom. The molecule has 0 fully saturated rings. The lowest BCUT2D eigenvalue weighted by Gasteiger charge is -2.06. The molecule has 88 valence electrons. The molecule has 0 aliphatic heterocycles. The minimum absolute atomic E-state index is 0.273. The molecule has 0 aliphatic carbocycles. The molecular weight excluding hydrogens is 218 g/mol. The number of rotatable bonds is 4. The molecule has 2 rings (SSSR count). The molecule has 5 nitrogen and oxygen atoms in total. The van der Waals surface area contributed by atoms with Crippen molar-refractivity contribution in [1.82, 2.24) is 9.78 Å². The maximum absolute atomic E-state index is 11.7. The van der Waals surface area contributed by atoms with Crippen LogP contribution in [0.1, 0.15) is 10.4 Å². The Morgan fingerprint density at radius 3 is 2.88 bits per heavy atom. The largest absolute Gasteiger partial charge is 0.460 e. The molecule has 17 heavy (non-hydrogen) atoms. The lowest BCUT2D eigenvalue weighted by Crippen LogP contribution is -2.13. The van der Waals surface area contributed by atoms with Crippen molar-refractivity contribution in [3.63, 3.8) is 0 Å². The SMILES string of the molecule is Nc1ccccc1C(=O)OCCn1cccn1. The second-order valence-electron chi connectivity index (χ2n) is 3.49. The van der Waals surface area contributed by atoms with Crippen LogP contribution in [0.2, 0.25) is 0 Å². The number of nitrogens with two attached hydrogens (primary N) is 1. The van der Waals surface area contributed by atoms with Gasteiger partial charge in [0, 0.05) is 18.1 Å². The average Bonchev–Trinajstić information content (AvgIpc) is 2.82. The summed E-state index contributed by atoms with van der Waals surface area (Å²) in [6.45, 7) is 0.806. The topological polar surface area (TPSA) is 70.1 Å². The third-order valence-corrected chi connectivity index (χ3v) is 2.29. The van der Waals surface area contributed by atoms with E-state index in [-0.39, 0.29) is 6.61 Å². The first kappa shape index (κ1) is 11.2. The van der Waals surface area contributed by atoms with Crippen molar-refractivity contribution >= 4 is 11.7 Å². The van der Waals surface area contributed by atoms with Crippen molar-refractivity contribution in [2.45, 2.75) is 6.54 Å². The summed E-state index contributed by atoms with van der Waals surface area (Å²) >= 11 is 0. The third kappa shape index (κ3) is 2.84. The van der Waals surface area contributed by atoms with E-state index >= 15 is 0 Å². The summed E-state index contributed by atoms with van der Waals surface area (Å²) in [5.41, 5.74) is 6.49. The first-order valence-electron chi connectivity index (χ1n) is 5.26. The summed E-state index contributed by atoms with van der Waals surface area (Å²) < 4.78 is 6.80. The molecule has 2 aromatic rings. The number of esters is 1. The molecular formula is C12H13N3O2. The molecule has 0 unspecified atom stereocenters. The number of aromatic nitrogens is 2. The Kier molecular flexibility index (Phi) is 3.40.